The molecule has 2 heterocycles. The SMILES string of the molecule is COC(=O)C[C@H]1[C@@]2(C)C[C@]3(OC(C)=O)[C@@](OC(C)=O)([C@@H](OC(C)=O)[C@]4(O)C5=CC(=O)O[C@@H](c6ccoc6)[C@]5(C)[C@@H](OC(C)=O)C[C@]4(O)[C@]13C)[C@H]2OC(C)=O. The highest BCUT2D eigenvalue weighted by Gasteiger charge is 3.00. The number of methoxy groups -OCH3 is 1. The van der Waals surface area contributed by atoms with E-state index >= 15 is 0 Å². The quantitative estimate of drug-likeness (QED) is 0.283. The zero-order valence-corrected chi connectivity index (χ0v) is 31.3. The summed E-state index contributed by atoms with van der Waals surface area (Å²) in [5, 5.41) is 27.8. The molecule has 1 aliphatic heterocycles. The number of aliphatic hydroxyl groups is 2. The summed E-state index contributed by atoms with van der Waals surface area (Å²) >= 11 is 0. The van der Waals surface area contributed by atoms with E-state index in [1.807, 2.05) is 0 Å². The van der Waals surface area contributed by atoms with E-state index in [0.29, 0.717) is 0 Å². The Morgan fingerprint density at radius 3 is 1.96 bits per heavy atom. The summed E-state index contributed by atoms with van der Waals surface area (Å²) in [4.78, 5) is 93.3. The molecule has 4 fully saturated rings. The maximum atomic E-state index is 13.9. The number of hydrogen-bond donors (Lipinski definition) is 2. The van der Waals surface area contributed by atoms with Gasteiger partial charge in [-0.3, -0.25) is 28.8 Å². The Bertz CT molecular complexity index is 1870. The van der Waals surface area contributed by atoms with Gasteiger partial charge >= 0.3 is 41.8 Å². The van der Waals surface area contributed by atoms with Crippen molar-refractivity contribution in [2.45, 2.75) is 121 Å². The molecule has 0 radical (unpaired) electrons. The second-order valence-corrected chi connectivity index (χ2v) is 15.6. The van der Waals surface area contributed by atoms with Gasteiger partial charge in [-0.25, -0.2) is 4.79 Å². The van der Waals surface area contributed by atoms with Crippen LogP contribution in [-0.4, -0.2) is 99.8 Å². The molecule has 54 heavy (non-hydrogen) atoms. The molecular weight excluding hydrogens is 716 g/mol. The van der Waals surface area contributed by atoms with Crippen molar-refractivity contribution >= 4 is 41.8 Å². The topological polar surface area (TPSA) is 238 Å². The van der Waals surface area contributed by atoms with Gasteiger partial charge in [0.15, 0.2) is 23.4 Å². The van der Waals surface area contributed by atoms with E-state index in [4.69, 9.17) is 37.6 Å². The molecule has 0 unspecified atom stereocenters. The van der Waals surface area contributed by atoms with E-state index in [1.54, 1.807) is 6.92 Å². The molecule has 6 rings (SSSR count). The fourth-order valence-electron chi connectivity index (χ4n) is 11.5. The summed E-state index contributed by atoms with van der Waals surface area (Å²) in [5.41, 5.74) is -16.8. The maximum Gasteiger partial charge on any atom is 0.331 e. The molecule has 0 spiro atoms. The third-order valence-corrected chi connectivity index (χ3v) is 13.0. The van der Waals surface area contributed by atoms with E-state index in [2.05, 4.69) is 0 Å². The molecule has 1 aromatic heterocycles. The lowest BCUT2D eigenvalue weighted by Crippen LogP contribution is -2.94. The van der Waals surface area contributed by atoms with Crippen molar-refractivity contribution < 1.29 is 81.4 Å². The van der Waals surface area contributed by atoms with Crippen LogP contribution >= 0.6 is 0 Å². The normalized spacial score (nSPS) is 42.6. The van der Waals surface area contributed by atoms with Crippen LogP contribution in [0.2, 0.25) is 0 Å². The van der Waals surface area contributed by atoms with Crippen molar-refractivity contribution in [3.8, 4) is 0 Å². The summed E-state index contributed by atoms with van der Waals surface area (Å²) in [5.74, 6) is -8.07. The molecule has 0 aromatic carbocycles. The Hall–Kier alpha value is -4.77. The predicted molar refractivity (Wildman–Crippen MR) is 175 cm³/mol. The van der Waals surface area contributed by atoms with Gasteiger partial charge in [0, 0.05) is 76.4 Å². The molecule has 2 bridgehead atoms. The minimum atomic E-state index is -3.09. The van der Waals surface area contributed by atoms with Crippen LogP contribution < -0.4 is 0 Å². The average molecular weight is 761 g/mol. The van der Waals surface area contributed by atoms with E-state index in [-0.39, 0.29) is 5.56 Å². The van der Waals surface area contributed by atoms with E-state index in [9.17, 15) is 43.8 Å². The molecule has 2 N–H and O–H groups in total. The average Bonchev–Trinajstić information content (AvgIpc) is 3.70. The van der Waals surface area contributed by atoms with Crippen LogP contribution in [0.1, 0.15) is 86.3 Å². The molecule has 1 aromatic rings. The van der Waals surface area contributed by atoms with E-state index < -0.39 is 136 Å². The zero-order valence-electron chi connectivity index (χ0n) is 31.3. The van der Waals surface area contributed by atoms with Crippen molar-refractivity contribution in [2.75, 3.05) is 7.11 Å². The standard InChI is InChI=1S/C37H44O17/c1-17(38)49-25-14-34(45)33(8)23(12-26(43)47-9)31(6)16-35(33,53-20(4)41)37(54-21(5)42,29(31)50-18(2)39)30(51-19(3)40)36(34,46)24-13-27(44)52-28(32(24,25)7)22-10-11-48-15-22/h10-11,13,15,23,25,28-30,45-46H,12,14,16H2,1-9H3/t23-,25-,28-,29-,30-,31+,32-,33-,34-,35+,36+,37-/m0/s1. The third-order valence-electron chi connectivity index (χ3n) is 13.0. The number of furan rings is 1. The highest BCUT2D eigenvalue weighted by molar-refractivity contribution is 5.86. The Labute approximate surface area is 309 Å². The molecule has 4 saturated carbocycles. The fraction of sp³-hybridized carbons (Fsp3) is 0.649. The summed E-state index contributed by atoms with van der Waals surface area (Å²) in [6, 6.07) is 1.47. The molecular formula is C37H44O17. The first kappa shape index (κ1) is 38.9. The Kier molecular flexibility index (Phi) is 8.74. The van der Waals surface area contributed by atoms with Crippen LogP contribution in [0.15, 0.2) is 34.7 Å². The molecule has 17 heteroatoms. The van der Waals surface area contributed by atoms with Crippen molar-refractivity contribution in [3.63, 3.8) is 0 Å². The van der Waals surface area contributed by atoms with Crippen molar-refractivity contribution in [1.29, 1.82) is 0 Å². The number of carbonyl (C=O) groups is 7. The van der Waals surface area contributed by atoms with Crippen molar-refractivity contribution in [3.05, 3.63) is 35.8 Å². The number of carbonyl (C=O) groups excluding carboxylic acids is 7. The summed E-state index contributed by atoms with van der Waals surface area (Å²) in [6.45, 7) is 9.59. The number of cyclic esters (lactones) is 1. The van der Waals surface area contributed by atoms with Gasteiger partial charge in [-0.15, -0.1) is 0 Å². The minimum absolute atomic E-state index is 0.246. The van der Waals surface area contributed by atoms with Crippen molar-refractivity contribution in [1.82, 2.24) is 0 Å². The predicted octanol–water partition coefficient (Wildman–Crippen LogP) is 1.70. The van der Waals surface area contributed by atoms with Crippen LogP contribution in [0.5, 0.6) is 0 Å². The molecule has 4 aliphatic carbocycles. The van der Waals surface area contributed by atoms with Gasteiger partial charge in [-0.05, 0) is 24.5 Å². The molecule has 12 atom stereocenters. The number of rotatable bonds is 8. The lowest BCUT2D eigenvalue weighted by atomic mass is 9.34. The van der Waals surface area contributed by atoms with Gasteiger partial charge in [0.25, 0.3) is 0 Å². The van der Waals surface area contributed by atoms with Crippen molar-refractivity contribution in [2.24, 2.45) is 22.2 Å². The Morgan fingerprint density at radius 1 is 0.852 bits per heavy atom. The van der Waals surface area contributed by atoms with E-state index in [0.717, 1.165) is 47.8 Å². The van der Waals surface area contributed by atoms with Crippen LogP contribution in [0.25, 0.3) is 0 Å². The summed E-state index contributed by atoms with van der Waals surface area (Å²) < 4.78 is 46.7. The highest BCUT2D eigenvalue weighted by atomic mass is 16.7. The molecule has 0 saturated heterocycles. The molecule has 17 nitrogen and oxygen atoms in total. The number of hydrogen-bond acceptors (Lipinski definition) is 17. The van der Waals surface area contributed by atoms with Gasteiger partial charge < -0.3 is 47.8 Å². The number of esters is 7. The number of ether oxygens (including phenoxy) is 7. The second-order valence-electron chi connectivity index (χ2n) is 15.6. The fourth-order valence-corrected chi connectivity index (χ4v) is 11.5. The first-order chi connectivity index (χ1) is 25.0. The zero-order chi connectivity index (χ0) is 40.2. The third kappa shape index (κ3) is 4.53. The summed E-state index contributed by atoms with van der Waals surface area (Å²) in [7, 11) is 1.12. The first-order valence-corrected chi connectivity index (χ1v) is 17.4. The van der Waals surface area contributed by atoms with Gasteiger partial charge in [-0.1, -0.05) is 13.8 Å². The lowest BCUT2D eigenvalue weighted by molar-refractivity contribution is -0.417. The second kappa shape index (κ2) is 12.1. The van der Waals surface area contributed by atoms with Gasteiger partial charge in [-0.2, -0.15) is 0 Å². The molecule has 5 aliphatic rings. The van der Waals surface area contributed by atoms with Gasteiger partial charge in [0.2, 0.25) is 5.60 Å². The summed E-state index contributed by atoms with van der Waals surface area (Å²) in [6.07, 6.45) is -5.22. The number of fused-ring (bicyclic) bond motifs is 5. The minimum Gasteiger partial charge on any atom is -0.472 e. The Balaban J connectivity index is 1.84. The highest BCUT2D eigenvalue weighted by Crippen LogP contribution is 2.85. The van der Waals surface area contributed by atoms with Crippen LogP contribution in [-0.2, 0) is 66.7 Å². The smallest absolute Gasteiger partial charge is 0.331 e. The molecule has 0 amide bonds. The van der Waals surface area contributed by atoms with Crippen LogP contribution in [0.3, 0.4) is 0 Å². The lowest BCUT2D eigenvalue weighted by Gasteiger charge is -2.76. The van der Waals surface area contributed by atoms with Crippen LogP contribution in [0, 0.1) is 22.2 Å². The van der Waals surface area contributed by atoms with E-state index in [1.165, 1.54) is 32.4 Å². The monoisotopic (exact) mass is 760 g/mol. The van der Waals surface area contributed by atoms with Crippen LogP contribution in [0.4, 0.5) is 0 Å². The first-order valence-electron chi connectivity index (χ1n) is 17.4. The Morgan fingerprint density at radius 2 is 1.44 bits per heavy atom. The van der Waals surface area contributed by atoms with Gasteiger partial charge in [0.05, 0.1) is 25.1 Å². The largest absolute Gasteiger partial charge is 0.472 e. The molecule has 294 valence electrons. The maximum absolute atomic E-state index is 13.9. The van der Waals surface area contributed by atoms with Gasteiger partial charge in [0.1, 0.15) is 17.8 Å².